The van der Waals surface area contributed by atoms with Crippen molar-refractivity contribution in [2.75, 3.05) is 18.4 Å². The van der Waals surface area contributed by atoms with E-state index >= 15 is 0 Å². The zero-order valence-corrected chi connectivity index (χ0v) is 17.3. The van der Waals surface area contributed by atoms with E-state index in [9.17, 15) is 9.18 Å². The van der Waals surface area contributed by atoms with Gasteiger partial charge in [-0.1, -0.05) is 23.7 Å². The third-order valence-corrected chi connectivity index (χ3v) is 5.71. The maximum absolute atomic E-state index is 13.2. The second-order valence-corrected chi connectivity index (χ2v) is 7.91. The van der Waals surface area contributed by atoms with Gasteiger partial charge in [-0.15, -0.1) is 0 Å². The van der Waals surface area contributed by atoms with Crippen molar-refractivity contribution in [3.05, 3.63) is 65.6 Å². The van der Waals surface area contributed by atoms with Crippen LogP contribution in [-0.2, 0) is 0 Å². The average Bonchev–Trinajstić information content (AvgIpc) is 3.45. The van der Waals surface area contributed by atoms with Gasteiger partial charge in [0.15, 0.2) is 5.65 Å². The van der Waals surface area contributed by atoms with Gasteiger partial charge < -0.3 is 15.2 Å². The van der Waals surface area contributed by atoms with Crippen LogP contribution < -0.4 is 5.32 Å². The van der Waals surface area contributed by atoms with Gasteiger partial charge in [0.1, 0.15) is 11.6 Å². The number of hydrogen-bond donors (Lipinski definition) is 2. The van der Waals surface area contributed by atoms with E-state index in [-0.39, 0.29) is 11.8 Å². The first kappa shape index (κ1) is 19.5. The van der Waals surface area contributed by atoms with Gasteiger partial charge in [-0.25, -0.2) is 19.2 Å². The van der Waals surface area contributed by atoms with Crippen LogP contribution in [0, 0.1) is 5.82 Å². The highest BCUT2D eigenvalue weighted by molar-refractivity contribution is 6.33. The highest BCUT2D eigenvalue weighted by atomic mass is 35.5. The fourth-order valence-electron chi connectivity index (χ4n) is 3.74. The lowest BCUT2D eigenvalue weighted by molar-refractivity contribution is 0.222. The number of halogens is 2. The number of anilines is 1. The molecule has 1 aliphatic heterocycles. The Morgan fingerprint density at radius 3 is 2.61 bits per heavy atom. The van der Waals surface area contributed by atoms with Crippen LogP contribution in [0.5, 0.6) is 0 Å². The standard InChI is InChI=1S/C23H19ClFN5O/c24-19-8-7-17(27-23(31)30-9-1-2-10-30)12-18(19)21-28-20-11-15(13-26-22(20)29-21)14-3-5-16(25)6-4-14/h3-8,11-13H,1-2,9-10H2,(H,27,31)(H,26,28,29). The molecule has 2 N–H and O–H groups in total. The number of imidazole rings is 1. The molecule has 3 heterocycles. The zero-order valence-electron chi connectivity index (χ0n) is 16.5. The number of nitrogens with zero attached hydrogens (tertiary/aromatic N) is 3. The van der Waals surface area contributed by atoms with E-state index in [1.807, 2.05) is 6.07 Å². The summed E-state index contributed by atoms with van der Waals surface area (Å²) >= 11 is 6.42. The van der Waals surface area contributed by atoms with E-state index in [1.54, 1.807) is 41.4 Å². The van der Waals surface area contributed by atoms with E-state index in [2.05, 4.69) is 20.3 Å². The molecule has 0 spiro atoms. The number of amides is 2. The molecule has 0 saturated carbocycles. The van der Waals surface area contributed by atoms with Crippen LogP contribution in [0.25, 0.3) is 33.7 Å². The first-order valence-electron chi connectivity index (χ1n) is 10.0. The van der Waals surface area contributed by atoms with E-state index in [1.165, 1.54) is 12.1 Å². The first-order valence-corrected chi connectivity index (χ1v) is 10.4. The summed E-state index contributed by atoms with van der Waals surface area (Å²) in [6, 6.07) is 13.4. The highest BCUT2D eigenvalue weighted by Gasteiger charge is 2.19. The number of aromatic nitrogens is 3. The fraction of sp³-hybridized carbons (Fsp3) is 0.174. The molecule has 156 valence electrons. The van der Waals surface area contributed by atoms with Crippen molar-refractivity contribution < 1.29 is 9.18 Å². The topological polar surface area (TPSA) is 73.9 Å². The van der Waals surface area contributed by atoms with Crippen LogP contribution >= 0.6 is 11.6 Å². The molecule has 4 aromatic rings. The van der Waals surface area contributed by atoms with Crippen molar-refractivity contribution in [3.8, 4) is 22.5 Å². The summed E-state index contributed by atoms with van der Waals surface area (Å²) in [4.78, 5) is 26.4. The van der Waals surface area contributed by atoms with Crippen LogP contribution in [0.2, 0.25) is 5.02 Å². The summed E-state index contributed by atoms with van der Waals surface area (Å²) in [6.07, 6.45) is 3.77. The molecule has 0 aliphatic carbocycles. The Morgan fingerprint density at radius 1 is 1.06 bits per heavy atom. The van der Waals surface area contributed by atoms with Gasteiger partial charge in [0.05, 0.1) is 10.5 Å². The van der Waals surface area contributed by atoms with Gasteiger partial charge in [0.2, 0.25) is 0 Å². The number of nitrogens with one attached hydrogen (secondary N) is 2. The lowest BCUT2D eigenvalue weighted by Gasteiger charge is -2.16. The lowest BCUT2D eigenvalue weighted by Crippen LogP contribution is -2.32. The van der Waals surface area contributed by atoms with Crippen molar-refractivity contribution in [3.63, 3.8) is 0 Å². The predicted octanol–water partition coefficient (Wildman–Crippen LogP) is 5.71. The zero-order chi connectivity index (χ0) is 21.4. The molecule has 2 aromatic carbocycles. The smallest absolute Gasteiger partial charge is 0.321 e. The lowest BCUT2D eigenvalue weighted by atomic mass is 10.1. The quantitative estimate of drug-likeness (QED) is 0.432. The molecule has 2 amide bonds. The van der Waals surface area contributed by atoms with Gasteiger partial charge in [0, 0.05) is 36.1 Å². The van der Waals surface area contributed by atoms with E-state index < -0.39 is 0 Å². The van der Waals surface area contributed by atoms with E-state index in [0.29, 0.717) is 27.7 Å². The molecule has 5 rings (SSSR count). The van der Waals surface area contributed by atoms with Crippen LogP contribution in [0.15, 0.2) is 54.7 Å². The largest absolute Gasteiger partial charge is 0.337 e. The number of benzene rings is 2. The van der Waals surface area contributed by atoms with Crippen molar-refractivity contribution in [2.24, 2.45) is 0 Å². The molecule has 2 aromatic heterocycles. The molecule has 0 radical (unpaired) electrons. The van der Waals surface area contributed by atoms with Crippen molar-refractivity contribution >= 4 is 34.5 Å². The SMILES string of the molecule is O=C(Nc1ccc(Cl)c(-c2nc3ncc(-c4ccc(F)cc4)cc3[nH]2)c1)N1CCCC1. The predicted molar refractivity (Wildman–Crippen MR) is 120 cm³/mol. The Bertz CT molecular complexity index is 1260. The number of fused-ring (bicyclic) bond motifs is 1. The third-order valence-electron chi connectivity index (χ3n) is 5.38. The normalized spacial score (nSPS) is 13.7. The minimum Gasteiger partial charge on any atom is -0.337 e. The van der Waals surface area contributed by atoms with Gasteiger partial charge in [-0.2, -0.15) is 0 Å². The summed E-state index contributed by atoms with van der Waals surface area (Å²) in [5.41, 5.74) is 4.30. The number of hydrogen-bond acceptors (Lipinski definition) is 3. The molecule has 1 aliphatic rings. The molecular formula is C23H19ClFN5O. The number of likely N-dealkylation sites (tertiary alicyclic amines) is 1. The van der Waals surface area contributed by atoms with Crippen molar-refractivity contribution in [1.29, 1.82) is 0 Å². The Morgan fingerprint density at radius 2 is 1.84 bits per heavy atom. The molecule has 8 heteroatoms. The molecule has 0 bridgehead atoms. The van der Waals surface area contributed by atoms with Gasteiger partial charge in [-0.3, -0.25) is 0 Å². The Kier molecular flexibility index (Phi) is 5.03. The monoisotopic (exact) mass is 435 g/mol. The second kappa shape index (κ2) is 8.00. The molecule has 1 saturated heterocycles. The summed E-state index contributed by atoms with van der Waals surface area (Å²) < 4.78 is 13.2. The number of carbonyl (C=O) groups excluding carboxylic acids is 1. The number of aromatic amines is 1. The highest BCUT2D eigenvalue weighted by Crippen LogP contribution is 2.31. The van der Waals surface area contributed by atoms with E-state index in [4.69, 9.17) is 11.6 Å². The number of pyridine rings is 1. The maximum atomic E-state index is 13.2. The number of rotatable bonds is 3. The fourth-order valence-corrected chi connectivity index (χ4v) is 3.94. The van der Waals surface area contributed by atoms with Gasteiger partial charge >= 0.3 is 6.03 Å². The van der Waals surface area contributed by atoms with Crippen LogP contribution in [-0.4, -0.2) is 39.0 Å². The summed E-state index contributed by atoms with van der Waals surface area (Å²) in [6.45, 7) is 1.55. The third kappa shape index (κ3) is 3.96. The average molecular weight is 436 g/mol. The maximum Gasteiger partial charge on any atom is 0.321 e. The summed E-state index contributed by atoms with van der Waals surface area (Å²) in [5, 5.41) is 3.44. The molecule has 31 heavy (non-hydrogen) atoms. The van der Waals surface area contributed by atoms with Gasteiger partial charge in [0.25, 0.3) is 0 Å². The van der Waals surface area contributed by atoms with E-state index in [0.717, 1.165) is 42.6 Å². The summed E-state index contributed by atoms with van der Waals surface area (Å²) in [5.74, 6) is 0.272. The van der Waals surface area contributed by atoms with Crippen LogP contribution in [0.4, 0.5) is 14.9 Å². The van der Waals surface area contributed by atoms with Gasteiger partial charge in [-0.05, 0) is 54.8 Å². The Balaban J connectivity index is 1.45. The minimum absolute atomic E-state index is 0.110. The van der Waals surface area contributed by atoms with Crippen molar-refractivity contribution in [1.82, 2.24) is 19.9 Å². The second-order valence-electron chi connectivity index (χ2n) is 7.51. The Labute approximate surface area is 183 Å². The molecule has 1 fully saturated rings. The first-order chi connectivity index (χ1) is 15.1. The summed E-state index contributed by atoms with van der Waals surface area (Å²) in [7, 11) is 0. The number of carbonyl (C=O) groups is 1. The molecule has 0 atom stereocenters. The van der Waals surface area contributed by atoms with Crippen molar-refractivity contribution in [2.45, 2.75) is 12.8 Å². The van der Waals surface area contributed by atoms with Crippen LogP contribution in [0.3, 0.4) is 0 Å². The molecular weight excluding hydrogens is 417 g/mol. The minimum atomic E-state index is -0.284. The Hall–Kier alpha value is -3.45. The molecule has 6 nitrogen and oxygen atoms in total. The molecule has 0 unspecified atom stereocenters. The number of H-pyrrole nitrogens is 1. The van der Waals surface area contributed by atoms with Crippen LogP contribution in [0.1, 0.15) is 12.8 Å². The number of urea groups is 1.